The molecule has 1 unspecified atom stereocenters. The number of rotatable bonds is 7. The average Bonchev–Trinajstić information content (AvgIpc) is 2.46. The van der Waals surface area contributed by atoms with Crippen molar-refractivity contribution in [3.8, 4) is 0 Å². The summed E-state index contributed by atoms with van der Waals surface area (Å²) in [5.41, 5.74) is 2.56. The molecular formula is C17H18OS2. The van der Waals surface area contributed by atoms with Crippen LogP contribution in [0.2, 0.25) is 0 Å². The van der Waals surface area contributed by atoms with Crippen LogP contribution in [0.25, 0.3) is 0 Å². The molecule has 2 rings (SSSR count). The minimum Gasteiger partial charge on any atom is -0.287 e. The maximum absolute atomic E-state index is 11.3. The molecule has 0 N–H and O–H groups in total. The third-order valence-corrected chi connectivity index (χ3v) is 4.52. The third kappa shape index (κ3) is 5.43. The molecule has 0 aliphatic carbocycles. The molecule has 3 heteroatoms. The monoisotopic (exact) mass is 302 g/mol. The molecule has 0 radical (unpaired) electrons. The van der Waals surface area contributed by atoms with Crippen LogP contribution in [-0.2, 0) is 17.0 Å². The zero-order valence-corrected chi connectivity index (χ0v) is 12.9. The van der Waals surface area contributed by atoms with E-state index in [-0.39, 0.29) is 10.4 Å². The standard InChI is InChI=1S/C17H18OS2/c18-17(19)12-16(11-14-7-3-1-4-8-14)20-13-15-9-5-2-6-10-15/h1-10,16H,11-13H2,(H,18,19). The Kier molecular flexibility index (Phi) is 6.22. The summed E-state index contributed by atoms with van der Waals surface area (Å²) < 4.78 is 0. The highest BCUT2D eigenvalue weighted by Gasteiger charge is 2.13. The molecule has 0 heterocycles. The first-order chi connectivity index (χ1) is 9.74. The maximum atomic E-state index is 11.3. The predicted octanol–water partition coefficient (Wildman–Crippen LogP) is 4.38. The molecule has 20 heavy (non-hydrogen) atoms. The zero-order valence-electron chi connectivity index (χ0n) is 11.2. The Labute approximate surface area is 130 Å². The van der Waals surface area contributed by atoms with Crippen LogP contribution in [0.3, 0.4) is 0 Å². The predicted molar refractivity (Wildman–Crippen MR) is 90.3 cm³/mol. The molecule has 0 aliphatic heterocycles. The Bertz CT molecular complexity index is 525. The second kappa shape index (κ2) is 8.18. The van der Waals surface area contributed by atoms with Gasteiger partial charge in [0.2, 0.25) is 0 Å². The highest BCUT2D eigenvalue weighted by Crippen LogP contribution is 2.24. The second-order valence-electron chi connectivity index (χ2n) is 4.71. The summed E-state index contributed by atoms with van der Waals surface area (Å²) in [6, 6.07) is 20.7. The fourth-order valence-electron chi connectivity index (χ4n) is 2.05. The van der Waals surface area contributed by atoms with E-state index in [4.69, 9.17) is 0 Å². The van der Waals surface area contributed by atoms with Gasteiger partial charge in [-0.25, -0.2) is 0 Å². The first kappa shape index (κ1) is 15.2. The lowest BCUT2D eigenvalue weighted by Crippen LogP contribution is -2.11. The molecule has 0 saturated carbocycles. The molecule has 0 aromatic heterocycles. The van der Waals surface area contributed by atoms with Crippen LogP contribution in [0.4, 0.5) is 0 Å². The van der Waals surface area contributed by atoms with Gasteiger partial charge in [0.05, 0.1) is 0 Å². The van der Waals surface area contributed by atoms with Crippen molar-refractivity contribution < 1.29 is 4.79 Å². The summed E-state index contributed by atoms with van der Waals surface area (Å²) in [4.78, 5) is 11.3. The highest BCUT2D eigenvalue weighted by molar-refractivity contribution is 7.99. The maximum Gasteiger partial charge on any atom is 0.187 e. The Morgan fingerprint density at radius 3 is 2.05 bits per heavy atom. The number of hydrogen-bond acceptors (Lipinski definition) is 2. The van der Waals surface area contributed by atoms with Gasteiger partial charge in [-0.15, -0.1) is 12.6 Å². The summed E-state index contributed by atoms with van der Waals surface area (Å²) in [5.74, 6) is 0.930. The lowest BCUT2D eigenvalue weighted by atomic mass is 10.1. The minimum absolute atomic E-state index is 0.0357. The molecule has 0 fully saturated rings. The molecular weight excluding hydrogens is 284 g/mol. The van der Waals surface area contributed by atoms with E-state index in [1.165, 1.54) is 11.1 Å². The van der Waals surface area contributed by atoms with Gasteiger partial charge in [0.15, 0.2) is 5.12 Å². The van der Waals surface area contributed by atoms with Crippen molar-refractivity contribution in [2.75, 3.05) is 0 Å². The molecule has 0 bridgehead atoms. The van der Waals surface area contributed by atoms with E-state index in [2.05, 4.69) is 36.9 Å². The van der Waals surface area contributed by atoms with Gasteiger partial charge in [-0.2, -0.15) is 11.8 Å². The summed E-state index contributed by atoms with van der Waals surface area (Å²) in [7, 11) is 0. The molecule has 0 aliphatic rings. The van der Waals surface area contributed by atoms with E-state index in [1.807, 2.05) is 48.2 Å². The number of thiol groups is 1. The van der Waals surface area contributed by atoms with Crippen molar-refractivity contribution in [3.63, 3.8) is 0 Å². The van der Waals surface area contributed by atoms with Crippen LogP contribution in [0, 0.1) is 0 Å². The van der Waals surface area contributed by atoms with Gasteiger partial charge in [-0.05, 0) is 17.5 Å². The molecule has 1 nitrogen and oxygen atoms in total. The Hall–Kier alpha value is -1.19. The van der Waals surface area contributed by atoms with Gasteiger partial charge in [-0.3, -0.25) is 4.79 Å². The van der Waals surface area contributed by atoms with Crippen LogP contribution in [0.1, 0.15) is 17.5 Å². The number of benzene rings is 2. The Morgan fingerprint density at radius 2 is 1.50 bits per heavy atom. The van der Waals surface area contributed by atoms with Gasteiger partial charge in [0.1, 0.15) is 0 Å². The second-order valence-corrected chi connectivity index (χ2v) is 6.49. The van der Waals surface area contributed by atoms with Crippen molar-refractivity contribution in [2.45, 2.75) is 23.8 Å². The van der Waals surface area contributed by atoms with E-state index >= 15 is 0 Å². The van der Waals surface area contributed by atoms with E-state index < -0.39 is 0 Å². The molecule has 0 spiro atoms. The molecule has 0 amide bonds. The molecule has 2 aromatic carbocycles. The topological polar surface area (TPSA) is 17.1 Å². The van der Waals surface area contributed by atoms with Crippen molar-refractivity contribution in [2.24, 2.45) is 0 Å². The normalized spacial score (nSPS) is 12.1. The van der Waals surface area contributed by atoms with Crippen LogP contribution < -0.4 is 0 Å². The molecule has 104 valence electrons. The first-order valence-electron chi connectivity index (χ1n) is 6.65. The number of carbonyl (C=O) groups excluding carboxylic acids is 1. The number of carbonyl (C=O) groups is 1. The van der Waals surface area contributed by atoms with Crippen LogP contribution >= 0.6 is 24.4 Å². The fraction of sp³-hybridized carbons (Fsp3) is 0.235. The van der Waals surface area contributed by atoms with E-state index in [0.29, 0.717) is 6.42 Å². The molecule has 0 saturated heterocycles. The van der Waals surface area contributed by atoms with Gasteiger partial charge in [-0.1, -0.05) is 60.7 Å². The van der Waals surface area contributed by atoms with Crippen LogP contribution in [0.15, 0.2) is 60.7 Å². The van der Waals surface area contributed by atoms with Gasteiger partial charge >= 0.3 is 0 Å². The quantitative estimate of drug-likeness (QED) is 0.765. The molecule has 2 aromatic rings. The minimum atomic E-state index is -0.0357. The summed E-state index contributed by atoms with van der Waals surface area (Å²) in [5, 5.41) is 0.245. The van der Waals surface area contributed by atoms with Crippen molar-refractivity contribution in [1.82, 2.24) is 0 Å². The van der Waals surface area contributed by atoms with Gasteiger partial charge < -0.3 is 0 Å². The summed E-state index contributed by atoms with van der Waals surface area (Å²) in [6.07, 6.45) is 1.42. The van der Waals surface area contributed by atoms with Crippen molar-refractivity contribution >= 4 is 29.5 Å². The number of thioether (sulfide) groups is 1. The van der Waals surface area contributed by atoms with Crippen LogP contribution in [0.5, 0.6) is 0 Å². The average molecular weight is 302 g/mol. The SMILES string of the molecule is O=C(S)CC(Cc1ccccc1)SCc1ccccc1. The first-order valence-corrected chi connectivity index (χ1v) is 8.15. The summed E-state index contributed by atoms with van der Waals surface area (Å²) >= 11 is 5.76. The highest BCUT2D eigenvalue weighted by atomic mass is 32.2. The smallest absolute Gasteiger partial charge is 0.187 e. The fourth-order valence-corrected chi connectivity index (χ4v) is 3.59. The lowest BCUT2D eigenvalue weighted by Gasteiger charge is -2.15. The van der Waals surface area contributed by atoms with Crippen molar-refractivity contribution in [3.05, 3.63) is 71.8 Å². The van der Waals surface area contributed by atoms with E-state index in [0.717, 1.165) is 12.2 Å². The number of hydrogen-bond donors (Lipinski definition) is 1. The molecule has 1 atom stereocenters. The van der Waals surface area contributed by atoms with Crippen molar-refractivity contribution in [1.29, 1.82) is 0 Å². The zero-order chi connectivity index (χ0) is 14.2. The largest absolute Gasteiger partial charge is 0.287 e. The lowest BCUT2D eigenvalue weighted by molar-refractivity contribution is -0.110. The Morgan fingerprint density at radius 1 is 0.950 bits per heavy atom. The van der Waals surface area contributed by atoms with E-state index in [9.17, 15) is 4.79 Å². The summed E-state index contributed by atoms with van der Waals surface area (Å²) in [6.45, 7) is 0. The Balaban J connectivity index is 1.95. The van der Waals surface area contributed by atoms with Crippen LogP contribution in [-0.4, -0.2) is 10.4 Å². The van der Waals surface area contributed by atoms with Gasteiger partial charge in [0, 0.05) is 17.4 Å². The van der Waals surface area contributed by atoms with Gasteiger partial charge in [0.25, 0.3) is 0 Å². The van der Waals surface area contributed by atoms with E-state index in [1.54, 1.807) is 0 Å². The third-order valence-electron chi connectivity index (χ3n) is 3.04.